The number of piperazine rings is 1. The van der Waals surface area contributed by atoms with Gasteiger partial charge in [0.15, 0.2) is 0 Å². The van der Waals surface area contributed by atoms with Crippen molar-refractivity contribution in [2.24, 2.45) is 0 Å². The van der Waals surface area contributed by atoms with Crippen molar-refractivity contribution in [1.29, 1.82) is 0 Å². The summed E-state index contributed by atoms with van der Waals surface area (Å²) in [6.07, 6.45) is 8.44. The second-order valence-electron chi connectivity index (χ2n) is 4.80. The van der Waals surface area contributed by atoms with Crippen LogP contribution in [0.1, 0.15) is 45.4 Å². The Bertz CT molecular complexity index is 170. The summed E-state index contributed by atoms with van der Waals surface area (Å²) in [6, 6.07) is 1.70. The zero-order valence-corrected chi connectivity index (χ0v) is 9.47. The molecule has 1 saturated carbocycles. The van der Waals surface area contributed by atoms with Gasteiger partial charge in [0.1, 0.15) is 0 Å². The first-order valence-corrected chi connectivity index (χ1v) is 6.39. The number of nitrogens with one attached hydrogen (secondary N) is 1. The Hall–Kier alpha value is -0.0800. The van der Waals surface area contributed by atoms with Crippen molar-refractivity contribution in [2.45, 2.75) is 57.5 Å². The summed E-state index contributed by atoms with van der Waals surface area (Å²) in [6.45, 7) is 6.13. The quantitative estimate of drug-likeness (QED) is 0.692. The lowest BCUT2D eigenvalue weighted by molar-refractivity contribution is 0.134. The normalized spacial score (nSPS) is 33.2. The molecule has 0 aromatic heterocycles. The van der Waals surface area contributed by atoms with E-state index >= 15 is 0 Å². The maximum Gasteiger partial charge on any atom is 0.0249 e. The van der Waals surface area contributed by atoms with Crippen LogP contribution >= 0.6 is 0 Å². The van der Waals surface area contributed by atoms with Gasteiger partial charge >= 0.3 is 0 Å². The van der Waals surface area contributed by atoms with Crippen molar-refractivity contribution in [1.82, 2.24) is 10.2 Å². The van der Waals surface area contributed by atoms with Crippen molar-refractivity contribution < 1.29 is 0 Å². The van der Waals surface area contributed by atoms with Crippen molar-refractivity contribution in [3.05, 3.63) is 0 Å². The van der Waals surface area contributed by atoms with Gasteiger partial charge in [-0.1, -0.05) is 26.2 Å². The van der Waals surface area contributed by atoms with E-state index in [1.54, 1.807) is 0 Å². The van der Waals surface area contributed by atoms with Crippen LogP contribution in [0.5, 0.6) is 0 Å². The standard InChI is InChI=1S/C12H24N2/c1-2-3-4-9-14-10-8-13-11-6-5-7-12(11)14/h11-13H,2-10H2,1H3/t11-,12+/m1/s1. The molecule has 0 amide bonds. The molecule has 2 rings (SSSR count). The van der Waals surface area contributed by atoms with Gasteiger partial charge in [-0.05, 0) is 25.8 Å². The molecule has 1 heterocycles. The summed E-state index contributed by atoms with van der Waals surface area (Å²) in [5.41, 5.74) is 0. The Kier molecular flexibility index (Phi) is 3.82. The SMILES string of the molecule is CCCCCN1CCN[C@@H]2CCC[C@@H]21. The second-order valence-corrected chi connectivity index (χ2v) is 4.80. The van der Waals surface area contributed by atoms with Gasteiger partial charge in [-0.2, -0.15) is 0 Å². The number of nitrogens with zero attached hydrogens (tertiary/aromatic N) is 1. The molecule has 2 heteroatoms. The molecule has 0 bridgehead atoms. The minimum absolute atomic E-state index is 0.824. The Morgan fingerprint density at radius 3 is 3.07 bits per heavy atom. The summed E-state index contributed by atoms with van der Waals surface area (Å²) in [7, 11) is 0. The van der Waals surface area contributed by atoms with Crippen LogP contribution in [0.25, 0.3) is 0 Å². The lowest BCUT2D eigenvalue weighted by Crippen LogP contribution is -2.55. The van der Waals surface area contributed by atoms with Gasteiger partial charge in [0.2, 0.25) is 0 Å². The molecule has 14 heavy (non-hydrogen) atoms. The molecule has 1 aliphatic carbocycles. The van der Waals surface area contributed by atoms with Gasteiger partial charge in [0.05, 0.1) is 0 Å². The third kappa shape index (κ3) is 2.29. The van der Waals surface area contributed by atoms with E-state index in [1.807, 2.05) is 0 Å². The summed E-state index contributed by atoms with van der Waals surface area (Å²) in [5.74, 6) is 0. The van der Waals surface area contributed by atoms with Crippen LogP contribution in [0.4, 0.5) is 0 Å². The molecule has 0 spiro atoms. The third-order valence-electron chi connectivity index (χ3n) is 3.80. The minimum atomic E-state index is 0.824. The summed E-state index contributed by atoms with van der Waals surface area (Å²) in [5, 5.41) is 3.66. The average Bonchev–Trinajstić information content (AvgIpc) is 2.67. The van der Waals surface area contributed by atoms with E-state index < -0.39 is 0 Å². The predicted molar refractivity (Wildman–Crippen MR) is 60.5 cm³/mol. The zero-order chi connectivity index (χ0) is 9.80. The maximum atomic E-state index is 3.66. The number of rotatable bonds is 4. The molecule has 2 fully saturated rings. The van der Waals surface area contributed by atoms with E-state index in [0.29, 0.717) is 0 Å². The smallest absolute Gasteiger partial charge is 0.0249 e. The molecule has 0 aromatic carbocycles. The largest absolute Gasteiger partial charge is 0.311 e. The molecule has 2 aliphatic rings. The predicted octanol–water partition coefficient (Wildman–Crippen LogP) is 2.00. The fourth-order valence-corrected chi connectivity index (χ4v) is 3.02. The van der Waals surface area contributed by atoms with Gasteiger partial charge in [0, 0.05) is 25.2 Å². The molecule has 0 radical (unpaired) electrons. The summed E-state index contributed by atoms with van der Waals surface area (Å²) >= 11 is 0. The summed E-state index contributed by atoms with van der Waals surface area (Å²) in [4.78, 5) is 2.74. The highest BCUT2D eigenvalue weighted by atomic mass is 15.2. The van der Waals surface area contributed by atoms with Crippen LogP contribution in [0.3, 0.4) is 0 Å². The van der Waals surface area contributed by atoms with Crippen LogP contribution in [0.2, 0.25) is 0 Å². The Labute approximate surface area is 88.1 Å². The molecule has 2 atom stereocenters. The Morgan fingerprint density at radius 1 is 1.29 bits per heavy atom. The first-order valence-electron chi connectivity index (χ1n) is 6.39. The van der Waals surface area contributed by atoms with Crippen LogP contribution < -0.4 is 5.32 Å². The molecule has 2 nitrogen and oxygen atoms in total. The van der Waals surface area contributed by atoms with Gasteiger partial charge in [0.25, 0.3) is 0 Å². The third-order valence-corrected chi connectivity index (χ3v) is 3.80. The maximum absolute atomic E-state index is 3.66. The lowest BCUT2D eigenvalue weighted by Gasteiger charge is -2.38. The monoisotopic (exact) mass is 196 g/mol. The van der Waals surface area contributed by atoms with Crippen molar-refractivity contribution in [3.8, 4) is 0 Å². The van der Waals surface area contributed by atoms with Gasteiger partial charge in [-0.15, -0.1) is 0 Å². The number of hydrogen-bond donors (Lipinski definition) is 1. The molecular formula is C12H24N2. The highest BCUT2D eigenvalue weighted by Crippen LogP contribution is 2.26. The van der Waals surface area contributed by atoms with Crippen molar-refractivity contribution in [2.75, 3.05) is 19.6 Å². The van der Waals surface area contributed by atoms with Gasteiger partial charge in [-0.25, -0.2) is 0 Å². The average molecular weight is 196 g/mol. The highest BCUT2D eigenvalue weighted by Gasteiger charge is 2.33. The van der Waals surface area contributed by atoms with Crippen LogP contribution in [0, 0.1) is 0 Å². The highest BCUT2D eigenvalue weighted by molar-refractivity contribution is 4.93. The summed E-state index contributed by atoms with van der Waals surface area (Å²) < 4.78 is 0. The first-order chi connectivity index (χ1) is 6.92. The topological polar surface area (TPSA) is 15.3 Å². The molecule has 0 aromatic rings. The van der Waals surface area contributed by atoms with Crippen molar-refractivity contribution >= 4 is 0 Å². The number of unbranched alkanes of at least 4 members (excludes halogenated alkanes) is 2. The van der Waals surface area contributed by atoms with E-state index in [2.05, 4.69) is 17.1 Å². The molecule has 1 saturated heterocycles. The van der Waals surface area contributed by atoms with E-state index in [9.17, 15) is 0 Å². The number of hydrogen-bond acceptors (Lipinski definition) is 2. The Balaban J connectivity index is 1.78. The van der Waals surface area contributed by atoms with Gasteiger partial charge < -0.3 is 5.32 Å². The lowest BCUT2D eigenvalue weighted by atomic mass is 10.1. The molecule has 82 valence electrons. The first kappa shape index (κ1) is 10.4. The molecule has 1 aliphatic heterocycles. The second kappa shape index (κ2) is 5.13. The van der Waals surface area contributed by atoms with E-state index in [0.717, 1.165) is 12.1 Å². The molecule has 0 unspecified atom stereocenters. The van der Waals surface area contributed by atoms with E-state index in [1.165, 1.54) is 58.2 Å². The van der Waals surface area contributed by atoms with Gasteiger partial charge in [-0.3, -0.25) is 4.90 Å². The zero-order valence-electron chi connectivity index (χ0n) is 9.47. The van der Waals surface area contributed by atoms with Crippen LogP contribution in [-0.4, -0.2) is 36.6 Å². The van der Waals surface area contributed by atoms with E-state index in [-0.39, 0.29) is 0 Å². The fourth-order valence-electron chi connectivity index (χ4n) is 3.02. The molecule has 1 N–H and O–H groups in total. The Morgan fingerprint density at radius 2 is 2.21 bits per heavy atom. The minimum Gasteiger partial charge on any atom is -0.311 e. The van der Waals surface area contributed by atoms with E-state index in [4.69, 9.17) is 0 Å². The van der Waals surface area contributed by atoms with Crippen LogP contribution in [0.15, 0.2) is 0 Å². The fraction of sp³-hybridized carbons (Fsp3) is 1.00. The molecular weight excluding hydrogens is 172 g/mol. The van der Waals surface area contributed by atoms with Crippen molar-refractivity contribution in [3.63, 3.8) is 0 Å². The number of fused-ring (bicyclic) bond motifs is 1. The van der Waals surface area contributed by atoms with Crippen LogP contribution in [-0.2, 0) is 0 Å².